The minimum absolute atomic E-state index is 0.0144. The Kier molecular flexibility index (Phi) is 6.10. The van der Waals surface area contributed by atoms with E-state index in [0.29, 0.717) is 0 Å². The Hall–Kier alpha value is -1.31. The first-order valence-electron chi connectivity index (χ1n) is 8.06. The molecule has 1 aliphatic rings. The van der Waals surface area contributed by atoms with E-state index in [1.807, 2.05) is 30.3 Å². The van der Waals surface area contributed by atoms with Crippen LogP contribution < -0.4 is 0 Å². The van der Waals surface area contributed by atoms with E-state index < -0.39 is 0 Å². The standard InChI is InChI=1S/C18H26O2/c1-2-3-4-5-7-12-16-13-14-17(20-18(16)19)15-10-8-6-9-11-15/h6,8-11,16-17H,2-5,7,12-14H2,1H3. The first-order chi connectivity index (χ1) is 9.81. The van der Waals surface area contributed by atoms with Gasteiger partial charge in [0.2, 0.25) is 0 Å². The van der Waals surface area contributed by atoms with Gasteiger partial charge >= 0.3 is 5.97 Å². The number of esters is 1. The highest BCUT2D eigenvalue weighted by atomic mass is 16.5. The topological polar surface area (TPSA) is 26.3 Å². The highest BCUT2D eigenvalue weighted by Crippen LogP contribution is 2.33. The highest BCUT2D eigenvalue weighted by molar-refractivity contribution is 5.73. The molecule has 0 amide bonds. The zero-order valence-electron chi connectivity index (χ0n) is 12.5. The predicted octanol–water partition coefficient (Wildman–Crippen LogP) is 5.04. The smallest absolute Gasteiger partial charge is 0.309 e. The first kappa shape index (κ1) is 15.1. The summed E-state index contributed by atoms with van der Waals surface area (Å²) >= 11 is 0. The van der Waals surface area contributed by atoms with Crippen LogP contribution in [0.2, 0.25) is 0 Å². The second kappa shape index (κ2) is 8.08. The summed E-state index contributed by atoms with van der Waals surface area (Å²) in [6, 6.07) is 10.1. The number of carbonyl (C=O) groups excluding carboxylic acids is 1. The van der Waals surface area contributed by atoms with Crippen molar-refractivity contribution in [3.8, 4) is 0 Å². The van der Waals surface area contributed by atoms with E-state index in [1.54, 1.807) is 0 Å². The summed E-state index contributed by atoms with van der Waals surface area (Å²) in [6.45, 7) is 2.22. The van der Waals surface area contributed by atoms with Crippen molar-refractivity contribution in [2.45, 2.75) is 64.4 Å². The maximum atomic E-state index is 12.1. The molecule has 0 radical (unpaired) electrons. The van der Waals surface area contributed by atoms with Crippen LogP contribution in [0.1, 0.15) is 70.0 Å². The molecule has 0 bridgehead atoms. The number of carbonyl (C=O) groups is 1. The Labute approximate surface area is 122 Å². The van der Waals surface area contributed by atoms with Crippen molar-refractivity contribution in [1.29, 1.82) is 0 Å². The molecule has 0 aromatic heterocycles. The van der Waals surface area contributed by atoms with Gasteiger partial charge < -0.3 is 4.74 Å². The zero-order chi connectivity index (χ0) is 14.2. The predicted molar refractivity (Wildman–Crippen MR) is 81.4 cm³/mol. The molecule has 110 valence electrons. The fraction of sp³-hybridized carbons (Fsp3) is 0.611. The monoisotopic (exact) mass is 274 g/mol. The van der Waals surface area contributed by atoms with Crippen molar-refractivity contribution in [3.05, 3.63) is 35.9 Å². The second-order valence-corrected chi connectivity index (χ2v) is 5.81. The lowest BCUT2D eigenvalue weighted by Gasteiger charge is -2.28. The zero-order valence-corrected chi connectivity index (χ0v) is 12.5. The van der Waals surface area contributed by atoms with E-state index >= 15 is 0 Å². The fourth-order valence-corrected chi connectivity index (χ4v) is 2.92. The third-order valence-electron chi connectivity index (χ3n) is 4.20. The van der Waals surface area contributed by atoms with Gasteiger partial charge in [0.05, 0.1) is 5.92 Å². The normalized spacial score (nSPS) is 22.6. The van der Waals surface area contributed by atoms with Crippen LogP contribution >= 0.6 is 0 Å². The van der Waals surface area contributed by atoms with Crippen LogP contribution in [0.15, 0.2) is 30.3 Å². The summed E-state index contributed by atoms with van der Waals surface area (Å²) in [7, 11) is 0. The third-order valence-corrected chi connectivity index (χ3v) is 4.20. The quantitative estimate of drug-likeness (QED) is 0.514. The number of cyclic esters (lactones) is 1. The molecule has 2 unspecified atom stereocenters. The number of hydrogen-bond acceptors (Lipinski definition) is 2. The van der Waals surface area contributed by atoms with Crippen LogP contribution in [0.3, 0.4) is 0 Å². The van der Waals surface area contributed by atoms with E-state index in [0.717, 1.165) is 31.2 Å². The molecular weight excluding hydrogens is 248 g/mol. The van der Waals surface area contributed by atoms with E-state index in [1.165, 1.54) is 25.7 Å². The van der Waals surface area contributed by atoms with Crippen molar-refractivity contribution >= 4 is 5.97 Å². The summed E-state index contributed by atoms with van der Waals surface area (Å²) in [4.78, 5) is 12.1. The van der Waals surface area contributed by atoms with Gasteiger partial charge in [0.15, 0.2) is 0 Å². The van der Waals surface area contributed by atoms with Gasteiger partial charge in [-0.15, -0.1) is 0 Å². The van der Waals surface area contributed by atoms with Gasteiger partial charge in [0.25, 0.3) is 0 Å². The Morgan fingerprint density at radius 3 is 2.50 bits per heavy atom. The highest BCUT2D eigenvalue weighted by Gasteiger charge is 2.30. The lowest BCUT2D eigenvalue weighted by Crippen LogP contribution is -2.26. The molecule has 1 aromatic rings. The molecule has 2 rings (SSSR count). The number of ether oxygens (including phenoxy) is 1. The molecule has 0 spiro atoms. The molecule has 2 heteroatoms. The van der Waals surface area contributed by atoms with Crippen LogP contribution in [0.5, 0.6) is 0 Å². The maximum Gasteiger partial charge on any atom is 0.309 e. The minimum Gasteiger partial charge on any atom is -0.457 e. The maximum absolute atomic E-state index is 12.1. The fourth-order valence-electron chi connectivity index (χ4n) is 2.92. The van der Waals surface area contributed by atoms with E-state index in [4.69, 9.17) is 4.74 Å². The van der Waals surface area contributed by atoms with Crippen molar-refractivity contribution < 1.29 is 9.53 Å². The van der Waals surface area contributed by atoms with Crippen molar-refractivity contribution in [2.24, 2.45) is 5.92 Å². The molecule has 1 heterocycles. The largest absolute Gasteiger partial charge is 0.457 e. The average molecular weight is 274 g/mol. The van der Waals surface area contributed by atoms with Gasteiger partial charge in [0.1, 0.15) is 6.10 Å². The van der Waals surface area contributed by atoms with Crippen molar-refractivity contribution in [1.82, 2.24) is 0 Å². The van der Waals surface area contributed by atoms with Crippen molar-refractivity contribution in [2.75, 3.05) is 0 Å². The third kappa shape index (κ3) is 4.36. The van der Waals surface area contributed by atoms with Gasteiger partial charge in [-0.3, -0.25) is 4.79 Å². The number of benzene rings is 1. The molecule has 2 nitrogen and oxygen atoms in total. The van der Waals surface area contributed by atoms with E-state index in [9.17, 15) is 4.79 Å². The molecule has 0 aliphatic carbocycles. The molecule has 1 aromatic carbocycles. The van der Waals surface area contributed by atoms with Gasteiger partial charge in [-0.05, 0) is 24.8 Å². The molecule has 0 N–H and O–H groups in total. The molecule has 20 heavy (non-hydrogen) atoms. The second-order valence-electron chi connectivity index (χ2n) is 5.81. The van der Waals surface area contributed by atoms with Gasteiger partial charge in [-0.25, -0.2) is 0 Å². The molecule has 1 aliphatic heterocycles. The summed E-state index contributed by atoms with van der Waals surface area (Å²) in [6.07, 6.45) is 9.21. The molecule has 1 fully saturated rings. The van der Waals surface area contributed by atoms with Gasteiger partial charge in [-0.2, -0.15) is 0 Å². The van der Waals surface area contributed by atoms with Crippen molar-refractivity contribution in [3.63, 3.8) is 0 Å². The minimum atomic E-state index is -0.0277. The van der Waals surface area contributed by atoms with E-state index in [-0.39, 0.29) is 18.0 Å². The lowest BCUT2D eigenvalue weighted by atomic mass is 9.90. The Bertz CT molecular complexity index is 399. The van der Waals surface area contributed by atoms with Crippen LogP contribution in [-0.4, -0.2) is 5.97 Å². The Morgan fingerprint density at radius 1 is 1.05 bits per heavy atom. The Morgan fingerprint density at radius 2 is 1.80 bits per heavy atom. The van der Waals surface area contributed by atoms with Gasteiger partial charge in [-0.1, -0.05) is 69.4 Å². The summed E-state index contributed by atoms with van der Waals surface area (Å²) in [5, 5.41) is 0. The Balaban J connectivity index is 1.74. The number of hydrogen-bond donors (Lipinski definition) is 0. The molecule has 2 atom stereocenters. The van der Waals surface area contributed by atoms with Gasteiger partial charge in [0, 0.05) is 0 Å². The molecular formula is C18H26O2. The molecule has 0 saturated carbocycles. The first-order valence-corrected chi connectivity index (χ1v) is 8.06. The van der Waals surface area contributed by atoms with Crippen LogP contribution in [0, 0.1) is 5.92 Å². The van der Waals surface area contributed by atoms with Crippen LogP contribution in [0.25, 0.3) is 0 Å². The SMILES string of the molecule is CCCCCCCC1CCC(c2ccccc2)OC1=O. The number of unbranched alkanes of at least 4 members (excludes halogenated alkanes) is 4. The number of rotatable bonds is 7. The summed E-state index contributed by atoms with van der Waals surface area (Å²) in [5.74, 6) is 0.150. The average Bonchev–Trinajstić information content (AvgIpc) is 2.49. The van der Waals surface area contributed by atoms with E-state index in [2.05, 4.69) is 6.92 Å². The summed E-state index contributed by atoms with van der Waals surface area (Å²) in [5.41, 5.74) is 1.13. The summed E-state index contributed by atoms with van der Waals surface area (Å²) < 4.78 is 5.62. The lowest BCUT2D eigenvalue weighted by molar-refractivity contribution is -0.161. The van der Waals surface area contributed by atoms with Crippen LogP contribution in [-0.2, 0) is 9.53 Å². The van der Waals surface area contributed by atoms with Crippen LogP contribution in [0.4, 0.5) is 0 Å². The molecule has 1 saturated heterocycles.